The number of allylic oxidation sites excluding steroid dienone is 4. The predicted octanol–water partition coefficient (Wildman–Crippen LogP) is 3.41. The molecule has 0 amide bonds. The van der Waals surface area contributed by atoms with Gasteiger partial charge in [0.1, 0.15) is 5.76 Å². The molecule has 0 saturated carbocycles. The highest BCUT2D eigenvalue weighted by molar-refractivity contribution is 5.94. The van der Waals surface area contributed by atoms with Gasteiger partial charge in [0.15, 0.2) is 5.78 Å². The first-order valence-corrected chi connectivity index (χ1v) is 5.23. The Labute approximate surface area is 92.3 Å². The van der Waals surface area contributed by atoms with Crippen molar-refractivity contribution >= 4 is 5.78 Å². The second-order valence-electron chi connectivity index (χ2n) is 3.35. The maximum absolute atomic E-state index is 11.5. The lowest BCUT2D eigenvalue weighted by Crippen LogP contribution is -1.98. The summed E-state index contributed by atoms with van der Waals surface area (Å²) in [5, 5.41) is 0. The van der Waals surface area contributed by atoms with Gasteiger partial charge in [-0.3, -0.25) is 4.79 Å². The molecule has 0 spiro atoms. The zero-order valence-corrected chi connectivity index (χ0v) is 9.88. The smallest absolute Gasteiger partial charge is 0.158 e. The molecule has 2 nitrogen and oxygen atoms in total. The molecule has 0 fully saturated rings. The molecular weight excluding hydrogens is 188 g/mol. The van der Waals surface area contributed by atoms with Crippen molar-refractivity contribution in [2.75, 3.05) is 7.11 Å². The van der Waals surface area contributed by atoms with Crippen molar-refractivity contribution in [3.8, 4) is 0 Å². The van der Waals surface area contributed by atoms with Gasteiger partial charge >= 0.3 is 0 Å². The molecule has 0 aromatic heterocycles. The fourth-order valence-corrected chi connectivity index (χ4v) is 1.05. The van der Waals surface area contributed by atoms with E-state index in [9.17, 15) is 4.79 Å². The minimum Gasteiger partial charge on any atom is -0.497 e. The van der Waals surface area contributed by atoms with Crippen LogP contribution in [-0.4, -0.2) is 12.9 Å². The minimum atomic E-state index is 0.201. The summed E-state index contributed by atoms with van der Waals surface area (Å²) in [6, 6.07) is 0. The maximum Gasteiger partial charge on any atom is 0.158 e. The number of carbonyl (C=O) groups excluding carboxylic acids is 1. The van der Waals surface area contributed by atoms with Gasteiger partial charge in [0, 0.05) is 6.42 Å². The van der Waals surface area contributed by atoms with Crippen molar-refractivity contribution in [2.45, 2.75) is 33.1 Å². The Morgan fingerprint density at radius 3 is 2.53 bits per heavy atom. The Morgan fingerprint density at radius 2 is 2.07 bits per heavy atom. The van der Waals surface area contributed by atoms with Gasteiger partial charge in [0.25, 0.3) is 0 Å². The van der Waals surface area contributed by atoms with E-state index < -0.39 is 0 Å². The molecule has 0 aliphatic rings. The molecule has 0 radical (unpaired) electrons. The van der Waals surface area contributed by atoms with Crippen LogP contribution < -0.4 is 0 Å². The highest BCUT2D eigenvalue weighted by Gasteiger charge is 2.02. The van der Waals surface area contributed by atoms with E-state index in [2.05, 4.69) is 13.5 Å². The monoisotopic (exact) mass is 208 g/mol. The van der Waals surface area contributed by atoms with Crippen LogP contribution in [0.5, 0.6) is 0 Å². The second-order valence-corrected chi connectivity index (χ2v) is 3.35. The molecule has 0 aromatic carbocycles. The maximum atomic E-state index is 11.5. The van der Waals surface area contributed by atoms with E-state index in [4.69, 9.17) is 4.74 Å². The molecule has 0 atom stereocenters. The van der Waals surface area contributed by atoms with E-state index in [0.717, 1.165) is 18.4 Å². The standard InChI is InChI=1S/C13H20O2/c1-5-7-8-13(14)11(3)9-10-12(6-2)15-4/h6,9-10H,2,5,7-8H2,1,3-4H3/b11-9+,12-10+. The summed E-state index contributed by atoms with van der Waals surface area (Å²) in [6.07, 6.45) is 7.77. The van der Waals surface area contributed by atoms with Gasteiger partial charge in [0.2, 0.25) is 0 Å². The molecule has 84 valence electrons. The molecule has 0 aromatic rings. The molecule has 0 unspecified atom stereocenters. The number of unbranched alkanes of at least 4 members (excludes halogenated alkanes) is 1. The van der Waals surface area contributed by atoms with Gasteiger partial charge in [-0.15, -0.1) is 0 Å². The number of ketones is 1. The van der Waals surface area contributed by atoms with Crippen LogP contribution in [0.3, 0.4) is 0 Å². The van der Waals surface area contributed by atoms with E-state index in [0.29, 0.717) is 12.2 Å². The number of carbonyl (C=O) groups is 1. The number of Topliss-reactive ketones (excluding diaryl/α,β-unsaturated/α-hetero) is 1. The third-order valence-corrected chi connectivity index (χ3v) is 2.13. The van der Waals surface area contributed by atoms with Crippen LogP contribution >= 0.6 is 0 Å². The van der Waals surface area contributed by atoms with Crippen LogP contribution in [0.25, 0.3) is 0 Å². The third kappa shape index (κ3) is 5.89. The third-order valence-electron chi connectivity index (χ3n) is 2.13. The summed E-state index contributed by atoms with van der Waals surface area (Å²) in [4.78, 5) is 11.5. The first-order valence-electron chi connectivity index (χ1n) is 5.23. The summed E-state index contributed by atoms with van der Waals surface area (Å²) in [7, 11) is 1.58. The normalized spacial score (nSPS) is 12.5. The van der Waals surface area contributed by atoms with Crippen LogP contribution in [-0.2, 0) is 9.53 Å². The quantitative estimate of drug-likeness (QED) is 0.364. The lowest BCUT2D eigenvalue weighted by molar-refractivity contribution is -0.115. The van der Waals surface area contributed by atoms with E-state index in [1.165, 1.54) is 0 Å². The Kier molecular flexibility index (Phi) is 7.33. The predicted molar refractivity (Wildman–Crippen MR) is 63.6 cm³/mol. The lowest BCUT2D eigenvalue weighted by atomic mass is 10.1. The number of rotatable bonds is 7. The highest BCUT2D eigenvalue weighted by Crippen LogP contribution is 2.05. The summed E-state index contributed by atoms with van der Waals surface area (Å²) in [5.74, 6) is 0.866. The van der Waals surface area contributed by atoms with Crippen molar-refractivity contribution < 1.29 is 9.53 Å². The average molecular weight is 208 g/mol. The van der Waals surface area contributed by atoms with Gasteiger partial charge in [-0.25, -0.2) is 0 Å². The number of ether oxygens (including phenoxy) is 1. The largest absolute Gasteiger partial charge is 0.497 e. The molecule has 0 N–H and O–H groups in total. The summed E-state index contributed by atoms with van der Waals surface area (Å²) in [6.45, 7) is 7.50. The summed E-state index contributed by atoms with van der Waals surface area (Å²) < 4.78 is 5.00. The molecule has 0 aliphatic carbocycles. The Hall–Kier alpha value is -1.31. The van der Waals surface area contributed by atoms with Gasteiger partial charge in [0.05, 0.1) is 7.11 Å². The molecule has 0 aliphatic heterocycles. The van der Waals surface area contributed by atoms with Crippen molar-refractivity contribution in [3.63, 3.8) is 0 Å². The molecule has 2 heteroatoms. The van der Waals surface area contributed by atoms with Gasteiger partial charge in [-0.2, -0.15) is 0 Å². The lowest BCUT2D eigenvalue weighted by Gasteiger charge is -1.99. The fourth-order valence-electron chi connectivity index (χ4n) is 1.05. The molecule has 15 heavy (non-hydrogen) atoms. The van der Waals surface area contributed by atoms with E-state index in [-0.39, 0.29) is 5.78 Å². The summed E-state index contributed by atoms with van der Waals surface area (Å²) >= 11 is 0. The zero-order valence-electron chi connectivity index (χ0n) is 9.88. The topological polar surface area (TPSA) is 26.3 Å². The first kappa shape index (κ1) is 13.7. The molecule has 0 heterocycles. The number of methoxy groups -OCH3 is 1. The molecular formula is C13H20O2. The molecule has 0 saturated heterocycles. The summed E-state index contributed by atoms with van der Waals surface area (Å²) in [5.41, 5.74) is 0.764. The van der Waals surface area contributed by atoms with E-state index in [1.54, 1.807) is 25.3 Å². The van der Waals surface area contributed by atoms with Gasteiger partial charge in [-0.05, 0) is 31.1 Å². The van der Waals surface area contributed by atoms with Crippen LogP contribution in [0.2, 0.25) is 0 Å². The number of hydrogen-bond donors (Lipinski definition) is 0. The SMILES string of the molecule is C=C/C(=C\C=C(/C)C(=O)CCCC)OC. The van der Waals surface area contributed by atoms with E-state index in [1.807, 2.05) is 6.92 Å². The van der Waals surface area contributed by atoms with Crippen molar-refractivity contribution in [1.82, 2.24) is 0 Å². The van der Waals surface area contributed by atoms with Gasteiger partial charge < -0.3 is 4.74 Å². The average Bonchev–Trinajstić information content (AvgIpc) is 2.26. The van der Waals surface area contributed by atoms with Crippen LogP contribution in [0, 0.1) is 0 Å². The van der Waals surface area contributed by atoms with E-state index >= 15 is 0 Å². The van der Waals surface area contributed by atoms with Gasteiger partial charge in [-0.1, -0.05) is 26.0 Å². The Balaban J connectivity index is 4.35. The van der Waals surface area contributed by atoms with Crippen molar-refractivity contribution in [3.05, 3.63) is 36.1 Å². The Morgan fingerprint density at radius 1 is 1.40 bits per heavy atom. The highest BCUT2D eigenvalue weighted by atomic mass is 16.5. The molecule has 0 rings (SSSR count). The molecule has 0 bridgehead atoms. The second kappa shape index (κ2) is 8.04. The zero-order chi connectivity index (χ0) is 11.7. The Bertz CT molecular complexity index is 272. The fraction of sp³-hybridized carbons (Fsp3) is 0.462. The van der Waals surface area contributed by atoms with Crippen LogP contribution in [0.4, 0.5) is 0 Å². The minimum absolute atomic E-state index is 0.201. The number of hydrogen-bond acceptors (Lipinski definition) is 2. The van der Waals surface area contributed by atoms with Crippen LogP contribution in [0.1, 0.15) is 33.1 Å². The first-order chi connectivity index (χ1) is 7.15. The van der Waals surface area contributed by atoms with Crippen molar-refractivity contribution in [2.24, 2.45) is 0 Å². The van der Waals surface area contributed by atoms with Crippen LogP contribution in [0.15, 0.2) is 36.1 Å². The van der Waals surface area contributed by atoms with Crippen molar-refractivity contribution in [1.29, 1.82) is 0 Å².